The summed E-state index contributed by atoms with van der Waals surface area (Å²) in [5, 5.41) is 8.09. The molecule has 7 aromatic rings. The second-order valence-electron chi connectivity index (χ2n) is 9.41. The van der Waals surface area contributed by atoms with E-state index in [2.05, 4.69) is 82.4 Å². The van der Waals surface area contributed by atoms with Crippen molar-refractivity contribution < 1.29 is 9.05 Å². The van der Waals surface area contributed by atoms with Crippen LogP contribution in [0, 0.1) is 41.5 Å². The first kappa shape index (κ1) is 34.6. The molecular weight excluding hydrogens is 550 g/mol. The van der Waals surface area contributed by atoms with Crippen molar-refractivity contribution in [3.63, 3.8) is 0 Å². The lowest BCUT2D eigenvalue weighted by atomic mass is 10.2. The summed E-state index contributed by atoms with van der Waals surface area (Å²) >= 11 is 0. The summed E-state index contributed by atoms with van der Waals surface area (Å²) < 4.78 is 8.94. The maximum absolute atomic E-state index is 4.58. The van der Waals surface area contributed by atoms with Crippen molar-refractivity contribution in [2.24, 2.45) is 0 Å². The number of aromatic nitrogens is 7. The molecule has 9 heteroatoms. The lowest BCUT2D eigenvalue weighted by Gasteiger charge is -1.95. The highest BCUT2D eigenvalue weighted by molar-refractivity contribution is 5.78. The lowest BCUT2D eigenvalue weighted by Crippen LogP contribution is -1.78. The van der Waals surface area contributed by atoms with Crippen molar-refractivity contribution in [2.75, 3.05) is 0 Å². The van der Waals surface area contributed by atoms with E-state index < -0.39 is 0 Å². The predicted octanol–water partition coefficient (Wildman–Crippen LogP) is 8.07. The Bertz CT molecular complexity index is 1520. The van der Waals surface area contributed by atoms with Crippen molar-refractivity contribution in [3.8, 4) is 0 Å². The van der Waals surface area contributed by atoms with Crippen LogP contribution in [-0.2, 0) is 0 Å². The second-order valence-corrected chi connectivity index (χ2v) is 9.41. The topological polar surface area (TPSA) is 117 Å². The van der Waals surface area contributed by atoms with Crippen LogP contribution in [0.3, 0.4) is 0 Å². The van der Waals surface area contributed by atoms with Crippen molar-refractivity contribution in [3.05, 3.63) is 163 Å². The summed E-state index contributed by atoms with van der Waals surface area (Å²) in [7, 11) is 0. The van der Waals surface area contributed by atoms with Crippen LogP contribution in [0.15, 0.2) is 138 Å². The number of nitrogens with zero attached hydrogens (tertiary/aromatic N) is 7. The Morgan fingerprint density at radius 3 is 1.64 bits per heavy atom. The van der Waals surface area contributed by atoms with Gasteiger partial charge in [0, 0.05) is 42.4 Å². The largest absolute Gasteiger partial charge is 0.362 e. The molecule has 0 aliphatic rings. The highest BCUT2D eigenvalue weighted by atomic mass is 16.5. The van der Waals surface area contributed by atoms with E-state index in [1.807, 2.05) is 81.7 Å². The maximum atomic E-state index is 4.58. The third-order valence-corrected chi connectivity index (χ3v) is 5.21. The summed E-state index contributed by atoms with van der Waals surface area (Å²) in [6, 6.07) is 26.3. The second kappa shape index (κ2) is 21.2. The molecule has 0 saturated heterocycles. The number of aryl methyl sites for hydroxylation is 6. The zero-order valence-corrected chi connectivity index (χ0v) is 26.1. The van der Waals surface area contributed by atoms with Gasteiger partial charge in [0.05, 0.1) is 11.7 Å². The molecule has 7 rings (SSSR count). The van der Waals surface area contributed by atoms with Crippen LogP contribution in [0.25, 0.3) is 10.9 Å². The van der Waals surface area contributed by atoms with Gasteiger partial charge in [0.25, 0.3) is 0 Å². The summed E-state index contributed by atoms with van der Waals surface area (Å²) in [5.41, 5.74) is 5.91. The van der Waals surface area contributed by atoms with E-state index >= 15 is 0 Å². The highest BCUT2D eigenvalue weighted by Gasteiger charge is 1.91. The van der Waals surface area contributed by atoms with E-state index in [9.17, 15) is 0 Å². The van der Waals surface area contributed by atoms with E-state index in [1.165, 1.54) is 34.8 Å². The monoisotopic (exact) mass is 589 g/mol. The van der Waals surface area contributed by atoms with Crippen LogP contribution in [0.4, 0.5) is 0 Å². The summed E-state index contributed by atoms with van der Waals surface area (Å²) in [5.74, 6) is 1.53. The van der Waals surface area contributed by atoms with Gasteiger partial charge in [0.1, 0.15) is 12.1 Å². The van der Waals surface area contributed by atoms with E-state index in [0.717, 1.165) is 16.8 Å². The van der Waals surface area contributed by atoms with Gasteiger partial charge in [0.2, 0.25) is 6.39 Å². The predicted molar refractivity (Wildman–Crippen MR) is 174 cm³/mol. The number of rotatable bonds is 0. The van der Waals surface area contributed by atoms with Gasteiger partial charge >= 0.3 is 0 Å². The van der Waals surface area contributed by atoms with Gasteiger partial charge in [-0.2, -0.15) is 4.98 Å². The average Bonchev–Trinajstić information content (AvgIpc) is 3.73. The number of para-hydroxylation sites is 1. The van der Waals surface area contributed by atoms with Gasteiger partial charge in [-0.1, -0.05) is 70.5 Å². The number of benzene rings is 2. The molecule has 0 spiro atoms. The molecule has 2 aromatic carbocycles. The zero-order valence-electron chi connectivity index (χ0n) is 26.1. The first-order valence-corrected chi connectivity index (χ1v) is 13.8. The van der Waals surface area contributed by atoms with Gasteiger partial charge in [-0.15, -0.1) is 0 Å². The third-order valence-electron chi connectivity index (χ3n) is 5.21. The van der Waals surface area contributed by atoms with E-state index in [4.69, 9.17) is 0 Å². The Hall–Kier alpha value is -5.57. The smallest absolute Gasteiger partial charge is 0.213 e. The normalized spacial score (nSPS) is 9.14. The van der Waals surface area contributed by atoms with Crippen LogP contribution < -0.4 is 0 Å². The van der Waals surface area contributed by atoms with Gasteiger partial charge in [-0.05, 0) is 76.4 Å². The Labute approximate surface area is 259 Å². The summed E-state index contributed by atoms with van der Waals surface area (Å²) in [4.78, 5) is 19.4. The average molecular weight is 590 g/mol. The fourth-order valence-electron chi connectivity index (χ4n) is 3.04. The molecule has 9 nitrogen and oxygen atoms in total. The molecule has 0 amide bonds. The highest BCUT2D eigenvalue weighted by Crippen LogP contribution is 2.11. The van der Waals surface area contributed by atoms with Crippen molar-refractivity contribution >= 4 is 10.9 Å². The molecule has 0 aliphatic heterocycles. The molecule has 0 N–H and O–H groups in total. The van der Waals surface area contributed by atoms with Gasteiger partial charge in [0.15, 0.2) is 5.82 Å². The number of hydrogen-bond acceptors (Lipinski definition) is 9. The molecule has 226 valence electrons. The Morgan fingerprint density at radius 1 is 0.545 bits per heavy atom. The van der Waals surface area contributed by atoms with Crippen LogP contribution in [0.1, 0.15) is 33.8 Å². The lowest BCUT2D eigenvalue weighted by molar-refractivity contribution is 0.397. The molecular formula is C35H39N7O2. The Kier molecular flexibility index (Phi) is 16.7. The van der Waals surface area contributed by atoms with E-state index in [1.54, 1.807) is 37.8 Å². The molecule has 0 radical (unpaired) electrons. The van der Waals surface area contributed by atoms with Crippen molar-refractivity contribution in [1.82, 2.24) is 35.2 Å². The maximum Gasteiger partial charge on any atom is 0.213 e. The number of hydrogen-bond donors (Lipinski definition) is 0. The van der Waals surface area contributed by atoms with E-state index in [-0.39, 0.29) is 0 Å². The zero-order chi connectivity index (χ0) is 31.8. The minimum absolute atomic E-state index is 0.676. The van der Waals surface area contributed by atoms with Crippen LogP contribution in [0.2, 0.25) is 0 Å². The SMILES string of the molecule is Cc1ccccc1.Cc1cccnc1.Cc1ccno1.Cc1cnc2ccccc2c1.Cc1cncnc1.Cc1ncon1. The molecule has 5 heterocycles. The fraction of sp³-hybridized carbons (Fsp3) is 0.171. The molecule has 0 unspecified atom stereocenters. The van der Waals surface area contributed by atoms with Crippen molar-refractivity contribution in [1.29, 1.82) is 0 Å². The standard InChI is InChI=1S/C10H9N.C7H8.C6H7N.C5H6N2.C4H5NO.C3H4N2O/c1-8-6-9-4-2-3-5-10(9)11-7-8;1-7-5-3-2-4-6-7;1-6-3-2-4-7-5-6;1-5-2-6-4-7-3-5;1-4-2-3-5-6-4;1-3-4-2-6-5-3/h2-7H,1H3;2-6H,1H3;2-5H,1H3;2-4H,1H3;2-3H,1H3;2H,1H3. The fourth-order valence-corrected chi connectivity index (χ4v) is 3.04. The van der Waals surface area contributed by atoms with Crippen LogP contribution >= 0.6 is 0 Å². The van der Waals surface area contributed by atoms with Gasteiger partial charge < -0.3 is 9.05 Å². The first-order chi connectivity index (χ1) is 21.3. The molecule has 5 aromatic heterocycles. The molecule has 0 fully saturated rings. The molecule has 0 aliphatic carbocycles. The molecule has 0 bridgehead atoms. The first-order valence-electron chi connectivity index (χ1n) is 13.8. The molecule has 0 atom stereocenters. The van der Waals surface area contributed by atoms with Crippen molar-refractivity contribution in [2.45, 2.75) is 41.5 Å². The summed E-state index contributed by atoms with van der Waals surface area (Å²) in [6.07, 6.45) is 13.5. The van der Waals surface area contributed by atoms with Gasteiger partial charge in [-0.25, -0.2) is 9.97 Å². The van der Waals surface area contributed by atoms with Crippen LogP contribution in [-0.4, -0.2) is 35.2 Å². The quantitative estimate of drug-likeness (QED) is 0.173. The minimum Gasteiger partial charge on any atom is -0.362 e. The molecule has 44 heavy (non-hydrogen) atoms. The Balaban J connectivity index is 0.000000187. The number of fused-ring (bicyclic) bond motifs is 1. The van der Waals surface area contributed by atoms with Gasteiger partial charge in [-0.3, -0.25) is 9.97 Å². The molecule has 0 saturated carbocycles. The van der Waals surface area contributed by atoms with E-state index in [0.29, 0.717) is 5.82 Å². The number of pyridine rings is 2. The Morgan fingerprint density at radius 2 is 1.23 bits per heavy atom. The third kappa shape index (κ3) is 16.6. The summed E-state index contributed by atoms with van der Waals surface area (Å²) in [6.45, 7) is 11.7. The van der Waals surface area contributed by atoms with Crippen LogP contribution in [0.5, 0.6) is 0 Å². The minimum atomic E-state index is 0.676.